The van der Waals surface area contributed by atoms with Gasteiger partial charge in [-0.25, -0.2) is 0 Å². The fourth-order valence-corrected chi connectivity index (χ4v) is 1.21. The average Bonchev–Trinajstić information content (AvgIpc) is 2.27. The van der Waals surface area contributed by atoms with E-state index in [2.05, 4.69) is 0 Å². The largest absolute Gasteiger partial charge is 0.491 e. The Morgan fingerprint density at radius 2 is 2.12 bits per heavy atom. The molecular formula is C13H20O3. The predicted octanol–water partition coefficient (Wildman–Crippen LogP) is 2.28. The summed E-state index contributed by atoms with van der Waals surface area (Å²) in [5.74, 6) is 0.673. The summed E-state index contributed by atoms with van der Waals surface area (Å²) in [4.78, 5) is 0. The van der Waals surface area contributed by atoms with Crippen LogP contribution in [0.4, 0.5) is 0 Å². The Labute approximate surface area is 96.7 Å². The Hall–Kier alpha value is -1.06. The quantitative estimate of drug-likeness (QED) is 0.806. The topological polar surface area (TPSA) is 49.7 Å². The minimum Gasteiger partial charge on any atom is -0.491 e. The van der Waals surface area contributed by atoms with E-state index in [0.717, 1.165) is 5.56 Å². The Bertz CT molecular complexity index is 332. The lowest BCUT2D eigenvalue weighted by molar-refractivity contribution is 0.00840. The molecule has 1 aromatic carbocycles. The predicted molar refractivity (Wildman–Crippen MR) is 63.5 cm³/mol. The first-order valence-electron chi connectivity index (χ1n) is 5.58. The normalized spacial score (nSPS) is 16.6. The van der Waals surface area contributed by atoms with Gasteiger partial charge in [-0.05, 0) is 38.0 Å². The van der Waals surface area contributed by atoms with Crippen LogP contribution in [0, 0.1) is 0 Å². The van der Waals surface area contributed by atoms with Gasteiger partial charge < -0.3 is 14.9 Å². The van der Waals surface area contributed by atoms with Crippen LogP contribution in [0.15, 0.2) is 24.3 Å². The van der Waals surface area contributed by atoms with Crippen LogP contribution in [0.2, 0.25) is 0 Å². The summed E-state index contributed by atoms with van der Waals surface area (Å²) in [6, 6.07) is 7.28. The molecule has 0 saturated heterocycles. The number of rotatable bonds is 5. The summed E-state index contributed by atoms with van der Waals surface area (Å²) in [7, 11) is 0. The highest BCUT2D eigenvalue weighted by Gasteiger charge is 2.18. The van der Waals surface area contributed by atoms with Crippen LogP contribution < -0.4 is 4.74 Å². The van der Waals surface area contributed by atoms with Crippen molar-refractivity contribution < 1.29 is 14.9 Å². The third-order valence-electron chi connectivity index (χ3n) is 2.65. The standard InChI is InChI=1S/C13H20O3/c1-4-13(3,15)9-16-12-7-5-6-11(8-12)10(2)14/h5-8,10,14-15H,4,9H2,1-3H3/t10-,13?/m0/s1. The molecule has 0 aliphatic rings. The summed E-state index contributed by atoms with van der Waals surface area (Å²) >= 11 is 0. The molecule has 1 rings (SSSR count). The van der Waals surface area contributed by atoms with E-state index in [-0.39, 0.29) is 6.61 Å². The van der Waals surface area contributed by atoms with Crippen molar-refractivity contribution in [3.63, 3.8) is 0 Å². The maximum absolute atomic E-state index is 9.79. The third kappa shape index (κ3) is 3.83. The maximum Gasteiger partial charge on any atom is 0.119 e. The van der Waals surface area contributed by atoms with Gasteiger partial charge in [-0.3, -0.25) is 0 Å². The summed E-state index contributed by atoms with van der Waals surface area (Å²) < 4.78 is 5.49. The van der Waals surface area contributed by atoms with Crippen LogP contribution in [0.1, 0.15) is 38.9 Å². The second-order valence-corrected chi connectivity index (χ2v) is 4.39. The highest BCUT2D eigenvalue weighted by molar-refractivity contribution is 5.29. The van der Waals surface area contributed by atoms with Crippen molar-refractivity contribution in [1.82, 2.24) is 0 Å². The first-order valence-corrected chi connectivity index (χ1v) is 5.58. The van der Waals surface area contributed by atoms with Crippen molar-refractivity contribution in [2.24, 2.45) is 0 Å². The lowest BCUT2D eigenvalue weighted by Crippen LogP contribution is -2.31. The zero-order chi connectivity index (χ0) is 12.2. The van der Waals surface area contributed by atoms with Gasteiger partial charge >= 0.3 is 0 Å². The van der Waals surface area contributed by atoms with Crippen LogP contribution in [-0.4, -0.2) is 22.4 Å². The number of hydrogen-bond donors (Lipinski definition) is 2. The fourth-order valence-electron chi connectivity index (χ4n) is 1.21. The Balaban J connectivity index is 2.64. The van der Waals surface area contributed by atoms with Crippen molar-refractivity contribution in [2.45, 2.75) is 38.9 Å². The Morgan fingerprint density at radius 1 is 1.44 bits per heavy atom. The molecule has 0 amide bonds. The van der Waals surface area contributed by atoms with Crippen LogP contribution in [0.3, 0.4) is 0 Å². The molecule has 0 radical (unpaired) electrons. The van der Waals surface area contributed by atoms with Crippen molar-refractivity contribution in [3.8, 4) is 5.75 Å². The summed E-state index contributed by atoms with van der Waals surface area (Å²) in [5, 5.41) is 19.2. The minimum absolute atomic E-state index is 0.257. The van der Waals surface area contributed by atoms with E-state index in [1.165, 1.54) is 0 Å². The van der Waals surface area contributed by atoms with Crippen molar-refractivity contribution in [2.75, 3.05) is 6.61 Å². The molecule has 0 aromatic heterocycles. The molecule has 1 aromatic rings. The molecule has 0 spiro atoms. The molecule has 0 saturated carbocycles. The molecule has 2 atom stereocenters. The molecule has 0 aliphatic heterocycles. The molecule has 90 valence electrons. The molecule has 16 heavy (non-hydrogen) atoms. The molecule has 0 fully saturated rings. The van der Waals surface area contributed by atoms with Gasteiger partial charge in [0, 0.05) is 0 Å². The number of aliphatic hydroxyl groups is 2. The van der Waals surface area contributed by atoms with Crippen molar-refractivity contribution >= 4 is 0 Å². The first-order chi connectivity index (χ1) is 7.44. The molecule has 0 aliphatic carbocycles. The Kier molecular flexibility index (Phi) is 4.33. The lowest BCUT2D eigenvalue weighted by Gasteiger charge is -2.21. The van der Waals surface area contributed by atoms with E-state index in [0.29, 0.717) is 12.2 Å². The SMILES string of the molecule is CCC(C)(O)COc1cccc([C@H](C)O)c1. The van der Waals surface area contributed by atoms with E-state index >= 15 is 0 Å². The molecule has 0 bridgehead atoms. The number of aliphatic hydroxyl groups excluding tert-OH is 1. The van der Waals surface area contributed by atoms with Gasteiger partial charge in [0.05, 0.1) is 11.7 Å². The number of hydrogen-bond acceptors (Lipinski definition) is 3. The zero-order valence-electron chi connectivity index (χ0n) is 10.1. The van der Waals surface area contributed by atoms with Gasteiger partial charge in [0.1, 0.15) is 12.4 Å². The average molecular weight is 224 g/mol. The van der Waals surface area contributed by atoms with Crippen LogP contribution in [0.25, 0.3) is 0 Å². The van der Waals surface area contributed by atoms with E-state index in [1.807, 2.05) is 25.1 Å². The van der Waals surface area contributed by atoms with Gasteiger partial charge in [-0.1, -0.05) is 19.1 Å². The summed E-state index contributed by atoms with van der Waals surface area (Å²) in [6.45, 7) is 5.62. The van der Waals surface area contributed by atoms with Gasteiger partial charge in [0.15, 0.2) is 0 Å². The van der Waals surface area contributed by atoms with E-state index < -0.39 is 11.7 Å². The second kappa shape index (κ2) is 5.32. The highest BCUT2D eigenvalue weighted by atomic mass is 16.5. The highest BCUT2D eigenvalue weighted by Crippen LogP contribution is 2.20. The zero-order valence-corrected chi connectivity index (χ0v) is 10.1. The van der Waals surface area contributed by atoms with Gasteiger partial charge in [0.2, 0.25) is 0 Å². The molecule has 3 heteroatoms. The van der Waals surface area contributed by atoms with Gasteiger partial charge in [-0.15, -0.1) is 0 Å². The number of ether oxygens (including phenoxy) is 1. The van der Waals surface area contributed by atoms with Gasteiger partial charge in [0.25, 0.3) is 0 Å². The lowest BCUT2D eigenvalue weighted by atomic mass is 10.1. The summed E-state index contributed by atoms with van der Waals surface area (Å²) in [5.41, 5.74) is 0.00883. The van der Waals surface area contributed by atoms with E-state index in [1.54, 1.807) is 19.9 Å². The molecule has 3 nitrogen and oxygen atoms in total. The van der Waals surface area contributed by atoms with E-state index in [4.69, 9.17) is 4.74 Å². The first kappa shape index (κ1) is 13.0. The van der Waals surface area contributed by atoms with Crippen LogP contribution >= 0.6 is 0 Å². The maximum atomic E-state index is 9.79. The molecular weight excluding hydrogens is 204 g/mol. The van der Waals surface area contributed by atoms with Crippen molar-refractivity contribution in [3.05, 3.63) is 29.8 Å². The van der Waals surface area contributed by atoms with Gasteiger partial charge in [-0.2, -0.15) is 0 Å². The third-order valence-corrected chi connectivity index (χ3v) is 2.65. The minimum atomic E-state index is -0.805. The number of benzene rings is 1. The fraction of sp³-hybridized carbons (Fsp3) is 0.538. The smallest absolute Gasteiger partial charge is 0.119 e. The summed E-state index contributed by atoms with van der Waals surface area (Å²) in [6.07, 6.45) is 0.138. The van der Waals surface area contributed by atoms with Crippen LogP contribution in [0.5, 0.6) is 5.75 Å². The Morgan fingerprint density at radius 3 is 2.69 bits per heavy atom. The molecule has 2 N–H and O–H groups in total. The second-order valence-electron chi connectivity index (χ2n) is 4.39. The molecule has 0 heterocycles. The molecule has 1 unspecified atom stereocenters. The van der Waals surface area contributed by atoms with Crippen LogP contribution in [-0.2, 0) is 0 Å². The van der Waals surface area contributed by atoms with Crippen molar-refractivity contribution in [1.29, 1.82) is 0 Å². The monoisotopic (exact) mass is 224 g/mol. The van der Waals surface area contributed by atoms with E-state index in [9.17, 15) is 10.2 Å².